The molecule has 0 bridgehead atoms. The van der Waals surface area contributed by atoms with Gasteiger partial charge >= 0.3 is 0 Å². The predicted octanol–water partition coefficient (Wildman–Crippen LogP) is 0.977. The van der Waals surface area contributed by atoms with Gasteiger partial charge in [-0.15, -0.1) is 0 Å². The molecule has 1 aromatic rings. The largest absolute Gasteiger partial charge is 0.341 e. The molecular formula is C14H18N4O. The van der Waals surface area contributed by atoms with Crippen molar-refractivity contribution in [3.05, 3.63) is 29.6 Å². The number of carbonyl (C=O) groups is 1. The normalized spacial score (nSPS) is 19.1. The van der Waals surface area contributed by atoms with E-state index in [4.69, 9.17) is 5.26 Å². The maximum absolute atomic E-state index is 12.2. The van der Waals surface area contributed by atoms with E-state index in [1.165, 1.54) is 12.4 Å². The Bertz CT molecular complexity index is 508. The number of rotatable bonds is 3. The number of likely N-dealkylation sites (tertiary alicyclic amines) is 1. The Morgan fingerprint density at radius 3 is 3.05 bits per heavy atom. The maximum atomic E-state index is 12.2. The molecule has 0 aromatic carbocycles. The summed E-state index contributed by atoms with van der Waals surface area (Å²) in [7, 11) is 3.90. The van der Waals surface area contributed by atoms with Gasteiger partial charge in [-0.2, -0.15) is 5.26 Å². The van der Waals surface area contributed by atoms with Gasteiger partial charge in [-0.25, -0.2) is 0 Å². The topological polar surface area (TPSA) is 60.2 Å². The fourth-order valence-electron chi connectivity index (χ4n) is 2.48. The number of hydrogen-bond donors (Lipinski definition) is 0. The molecule has 19 heavy (non-hydrogen) atoms. The van der Waals surface area contributed by atoms with Crippen molar-refractivity contribution in [1.29, 1.82) is 5.26 Å². The third kappa shape index (κ3) is 3.30. The summed E-state index contributed by atoms with van der Waals surface area (Å²) in [6, 6.07) is 3.59. The molecule has 1 amide bonds. The Morgan fingerprint density at radius 1 is 1.63 bits per heavy atom. The molecule has 0 aliphatic carbocycles. The van der Waals surface area contributed by atoms with E-state index in [9.17, 15) is 4.79 Å². The van der Waals surface area contributed by atoms with Gasteiger partial charge in [0.05, 0.1) is 11.1 Å². The Hall–Kier alpha value is -1.93. The van der Waals surface area contributed by atoms with Gasteiger partial charge in [-0.3, -0.25) is 9.78 Å². The lowest BCUT2D eigenvalue weighted by atomic mass is 10.1. The number of nitrogens with zero attached hydrogens (tertiary/aromatic N) is 4. The van der Waals surface area contributed by atoms with Crippen molar-refractivity contribution in [2.45, 2.75) is 6.42 Å². The highest BCUT2D eigenvalue weighted by molar-refractivity contribution is 5.94. The number of amides is 1. The van der Waals surface area contributed by atoms with Crippen molar-refractivity contribution in [3.8, 4) is 6.07 Å². The Balaban J connectivity index is 2.00. The maximum Gasteiger partial charge on any atom is 0.255 e. The van der Waals surface area contributed by atoms with Gasteiger partial charge in [0.25, 0.3) is 5.91 Å². The SMILES string of the molecule is CN1CCC(CN(C)C(=O)c2cncc(C#N)c2)C1. The van der Waals surface area contributed by atoms with E-state index in [1.807, 2.05) is 6.07 Å². The van der Waals surface area contributed by atoms with Crippen molar-refractivity contribution in [1.82, 2.24) is 14.8 Å². The molecule has 0 N–H and O–H groups in total. The lowest BCUT2D eigenvalue weighted by Gasteiger charge is -2.21. The van der Waals surface area contributed by atoms with Crippen LogP contribution in [0.1, 0.15) is 22.3 Å². The number of nitriles is 1. The first-order valence-corrected chi connectivity index (χ1v) is 6.39. The highest BCUT2D eigenvalue weighted by Gasteiger charge is 2.23. The quantitative estimate of drug-likeness (QED) is 0.810. The molecule has 1 aromatic heterocycles. The average molecular weight is 258 g/mol. The van der Waals surface area contributed by atoms with Gasteiger partial charge < -0.3 is 9.80 Å². The minimum Gasteiger partial charge on any atom is -0.341 e. The Labute approximate surface area is 113 Å². The van der Waals surface area contributed by atoms with Crippen molar-refractivity contribution in [2.75, 3.05) is 33.7 Å². The van der Waals surface area contributed by atoms with Crippen molar-refractivity contribution in [3.63, 3.8) is 0 Å². The zero-order valence-electron chi connectivity index (χ0n) is 11.3. The minimum atomic E-state index is -0.0702. The van der Waals surface area contributed by atoms with Crippen molar-refractivity contribution >= 4 is 5.91 Å². The second-order valence-electron chi connectivity index (χ2n) is 5.18. The van der Waals surface area contributed by atoms with E-state index in [0.717, 1.165) is 26.1 Å². The molecule has 1 atom stereocenters. The van der Waals surface area contributed by atoms with Crippen LogP contribution in [0.4, 0.5) is 0 Å². The molecule has 100 valence electrons. The van der Waals surface area contributed by atoms with Gasteiger partial charge in [0, 0.05) is 32.5 Å². The van der Waals surface area contributed by atoms with Crippen LogP contribution in [0.15, 0.2) is 18.5 Å². The Kier molecular flexibility index (Phi) is 4.13. The van der Waals surface area contributed by atoms with Crippen LogP contribution in [0, 0.1) is 17.2 Å². The van der Waals surface area contributed by atoms with Crippen molar-refractivity contribution < 1.29 is 4.79 Å². The summed E-state index contributed by atoms with van der Waals surface area (Å²) >= 11 is 0. The highest BCUT2D eigenvalue weighted by atomic mass is 16.2. The van der Waals surface area contributed by atoms with E-state index >= 15 is 0 Å². The number of pyridine rings is 1. The molecule has 5 nitrogen and oxygen atoms in total. The highest BCUT2D eigenvalue weighted by Crippen LogP contribution is 2.16. The van der Waals surface area contributed by atoms with Crippen LogP contribution in [0.2, 0.25) is 0 Å². The summed E-state index contributed by atoms with van der Waals surface area (Å²) in [6.07, 6.45) is 4.10. The molecule has 1 fully saturated rings. The molecular weight excluding hydrogens is 240 g/mol. The monoisotopic (exact) mass is 258 g/mol. The minimum absolute atomic E-state index is 0.0702. The lowest BCUT2D eigenvalue weighted by molar-refractivity contribution is 0.0773. The first-order valence-electron chi connectivity index (χ1n) is 6.39. The summed E-state index contributed by atoms with van der Waals surface area (Å²) in [5, 5.41) is 8.82. The van der Waals surface area contributed by atoms with Crippen LogP contribution in [0.25, 0.3) is 0 Å². The van der Waals surface area contributed by atoms with E-state index in [0.29, 0.717) is 17.0 Å². The smallest absolute Gasteiger partial charge is 0.255 e. The fraction of sp³-hybridized carbons (Fsp3) is 0.500. The molecule has 0 saturated carbocycles. The van der Waals surface area contributed by atoms with Crippen LogP contribution < -0.4 is 0 Å². The van der Waals surface area contributed by atoms with E-state index < -0.39 is 0 Å². The Morgan fingerprint density at radius 2 is 2.42 bits per heavy atom. The number of aromatic nitrogens is 1. The summed E-state index contributed by atoms with van der Waals surface area (Å²) in [5.74, 6) is 0.463. The zero-order chi connectivity index (χ0) is 13.8. The molecule has 0 radical (unpaired) electrons. The molecule has 5 heteroatoms. The van der Waals surface area contributed by atoms with Gasteiger partial charge in [0.1, 0.15) is 6.07 Å². The van der Waals surface area contributed by atoms with E-state index in [-0.39, 0.29) is 5.91 Å². The second-order valence-corrected chi connectivity index (χ2v) is 5.18. The fourth-order valence-corrected chi connectivity index (χ4v) is 2.48. The van der Waals surface area contributed by atoms with Crippen LogP contribution in [0.3, 0.4) is 0 Å². The van der Waals surface area contributed by atoms with Gasteiger partial charge in [-0.1, -0.05) is 0 Å². The third-order valence-corrected chi connectivity index (χ3v) is 3.48. The van der Waals surface area contributed by atoms with Gasteiger partial charge in [-0.05, 0) is 32.0 Å². The van der Waals surface area contributed by atoms with Crippen LogP contribution in [0.5, 0.6) is 0 Å². The first kappa shape index (κ1) is 13.5. The lowest BCUT2D eigenvalue weighted by Crippen LogP contribution is -2.32. The van der Waals surface area contributed by atoms with Crippen molar-refractivity contribution in [2.24, 2.45) is 5.92 Å². The summed E-state index contributed by atoms with van der Waals surface area (Å²) < 4.78 is 0. The molecule has 2 rings (SSSR count). The van der Waals surface area contributed by atoms with E-state index in [2.05, 4.69) is 16.9 Å². The number of hydrogen-bond acceptors (Lipinski definition) is 4. The summed E-state index contributed by atoms with van der Waals surface area (Å²) in [6.45, 7) is 2.88. The third-order valence-electron chi connectivity index (χ3n) is 3.48. The zero-order valence-corrected chi connectivity index (χ0v) is 11.3. The average Bonchev–Trinajstić information content (AvgIpc) is 2.83. The van der Waals surface area contributed by atoms with Gasteiger partial charge in [0.15, 0.2) is 0 Å². The summed E-state index contributed by atoms with van der Waals surface area (Å²) in [5.41, 5.74) is 0.896. The molecule has 1 saturated heterocycles. The molecule has 1 aliphatic heterocycles. The summed E-state index contributed by atoms with van der Waals surface area (Å²) in [4.78, 5) is 20.2. The van der Waals surface area contributed by atoms with Crippen LogP contribution in [-0.2, 0) is 0 Å². The van der Waals surface area contributed by atoms with Crippen LogP contribution in [-0.4, -0.2) is 54.4 Å². The van der Waals surface area contributed by atoms with Crippen LogP contribution >= 0.6 is 0 Å². The first-order chi connectivity index (χ1) is 9.10. The van der Waals surface area contributed by atoms with E-state index in [1.54, 1.807) is 18.0 Å². The molecule has 0 spiro atoms. The predicted molar refractivity (Wildman–Crippen MR) is 71.5 cm³/mol. The molecule has 1 unspecified atom stereocenters. The second kappa shape index (κ2) is 5.81. The standard InChI is InChI=1S/C14H18N4O/c1-17-4-3-11(9-17)10-18(2)14(19)13-5-12(6-15)7-16-8-13/h5,7-8,11H,3-4,9-10H2,1-2H3. The molecule has 2 heterocycles. The van der Waals surface area contributed by atoms with Gasteiger partial charge in [0.2, 0.25) is 0 Å². The molecule has 1 aliphatic rings. The number of carbonyl (C=O) groups excluding carboxylic acids is 1.